The fraction of sp³-hybridized carbons (Fsp3) is 0.154. The number of nitrogens with zero attached hydrogens (tertiary/aromatic N) is 1. The summed E-state index contributed by atoms with van der Waals surface area (Å²) in [6.45, 7) is 0.895. The molecule has 1 aromatic carbocycles. The van der Waals surface area contributed by atoms with E-state index in [1.807, 2.05) is 30.3 Å². The number of ether oxygens (including phenoxy) is 1. The zero-order valence-corrected chi connectivity index (χ0v) is 10.0. The number of aromatic nitrogens is 1. The van der Waals surface area contributed by atoms with Crippen LogP contribution in [0, 0.1) is 0 Å². The molecule has 3 nitrogen and oxygen atoms in total. The predicted octanol–water partition coefficient (Wildman–Crippen LogP) is 2.77. The van der Waals surface area contributed by atoms with Gasteiger partial charge in [-0.3, -0.25) is 0 Å². The van der Waals surface area contributed by atoms with Gasteiger partial charge >= 0.3 is 0 Å². The van der Waals surface area contributed by atoms with Crippen molar-refractivity contribution in [3.63, 3.8) is 0 Å². The van der Waals surface area contributed by atoms with Crippen LogP contribution in [0.3, 0.4) is 0 Å². The van der Waals surface area contributed by atoms with Crippen LogP contribution in [0.15, 0.2) is 42.6 Å². The number of benzene rings is 1. The monoisotopic (exact) mass is 248 g/mol. The largest absolute Gasteiger partial charge is 0.473 e. The van der Waals surface area contributed by atoms with Crippen LogP contribution in [-0.4, -0.2) is 4.98 Å². The Labute approximate surface area is 105 Å². The molecule has 0 amide bonds. The molecule has 0 atom stereocenters. The van der Waals surface area contributed by atoms with E-state index >= 15 is 0 Å². The molecule has 4 heteroatoms. The van der Waals surface area contributed by atoms with Gasteiger partial charge in [-0.25, -0.2) is 4.98 Å². The smallest absolute Gasteiger partial charge is 0.213 e. The standard InChI is InChI=1S/C13H13ClN2O/c14-12-4-2-1-3-11(12)9-17-13-6-5-10(7-15)8-16-13/h1-6,8H,7,9,15H2. The third-order valence-corrected chi connectivity index (χ3v) is 2.74. The van der Waals surface area contributed by atoms with Crippen LogP contribution in [0.1, 0.15) is 11.1 Å². The Balaban J connectivity index is 2.00. The summed E-state index contributed by atoms with van der Waals surface area (Å²) < 4.78 is 5.54. The lowest BCUT2D eigenvalue weighted by Crippen LogP contribution is -2.00. The summed E-state index contributed by atoms with van der Waals surface area (Å²) >= 11 is 6.02. The van der Waals surface area contributed by atoms with Crippen LogP contribution in [0.4, 0.5) is 0 Å². The molecule has 2 aromatic rings. The Kier molecular flexibility index (Phi) is 3.96. The van der Waals surface area contributed by atoms with Gasteiger partial charge < -0.3 is 10.5 Å². The van der Waals surface area contributed by atoms with Gasteiger partial charge in [0.1, 0.15) is 6.61 Å². The summed E-state index contributed by atoms with van der Waals surface area (Å²) in [6, 6.07) is 11.3. The summed E-state index contributed by atoms with van der Waals surface area (Å²) in [5.41, 5.74) is 7.41. The Bertz CT molecular complexity index is 485. The molecule has 0 bridgehead atoms. The molecule has 2 N–H and O–H groups in total. The molecular formula is C13H13ClN2O. The second-order valence-electron chi connectivity index (χ2n) is 3.59. The maximum Gasteiger partial charge on any atom is 0.213 e. The molecule has 0 saturated heterocycles. The molecule has 1 aromatic heterocycles. The average Bonchev–Trinajstić information content (AvgIpc) is 2.38. The zero-order chi connectivity index (χ0) is 12.1. The normalized spacial score (nSPS) is 10.2. The molecule has 2 rings (SSSR count). The zero-order valence-electron chi connectivity index (χ0n) is 9.27. The number of halogens is 1. The van der Waals surface area contributed by atoms with Crippen LogP contribution >= 0.6 is 11.6 Å². The van der Waals surface area contributed by atoms with Gasteiger partial charge in [0.2, 0.25) is 5.88 Å². The maximum absolute atomic E-state index is 6.02. The van der Waals surface area contributed by atoms with Crippen molar-refractivity contribution < 1.29 is 4.74 Å². The molecule has 1 heterocycles. The van der Waals surface area contributed by atoms with Crippen molar-refractivity contribution in [2.75, 3.05) is 0 Å². The molecule has 0 fully saturated rings. The minimum absolute atomic E-state index is 0.411. The van der Waals surface area contributed by atoms with Gasteiger partial charge in [-0.2, -0.15) is 0 Å². The molecule has 0 aliphatic heterocycles. The molecule has 88 valence electrons. The summed E-state index contributed by atoms with van der Waals surface area (Å²) in [7, 11) is 0. The average molecular weight is 249 g/mol. The molecule has 0 saturated carbocycles. The van der Waals surface area contributed by atoms with E-state index in [0.717, 1.165) is 11.1 Å². The lowest BCUT2D eigenvalue weighted by molar-refractivity contribution is 0.294. The Morgan fingerprint density at radius 2 is 2.00 bits per heavy atom. The number of pyridine rings is 1. The van der Waals surface area contributed by atoms with Crippen LogP contribution in [0.5, 0.6) is 5.88 Å². The Morgan fingerprint density at radius 1 is 1.18 bits per heavy atom. The first-order valence-electron chi connectivity index (χ1n) is 5.31. The summed E-state index contributed by atoms with van der Waals surface area (Å²) in [5.74, 6) is 0.571. The third-order valence-electron chi connectivity index (χ3n) is 2.37. The van der Waals surface area contributed by atoms with Crippen molar-refractivity contribution in [1.29, 1.82) is 0 Å². The Morgan fingerprint density at radius 3 is 2.65 bits per heavy atom. The van der Waals surface area contributed by atoms with Gasteiger partial charge in [0.05, 0.1) is 0 Å². The van der Waals surface area contributed by atoms with Crippen LogP contribution in [0.2, 0.25) is 5.02 Å². The van der Waals surface area contributed by atoms with E-state index in [0.29, 0.717) is 24.1 Å². The molecule has 0 unspecified atom stereocenters. The minimum atomic E-state index is 0.411. The number of hydrogen-bond acceptors (Lipinski definition) is 3. The van der Waals surface area contributed by atoms with E-state index in [9.17, 15) is 0 Å². The second-order valence-corrected chi connectivity index (χ2v) is 4.00. The van der Waals surface area contributed by atoms with Crippen molar-refractivity contribution in [2.24, 2.45) is 5.73 Å². The number of rotatable bonds is 4. The second kappa shape index (κ2) is 5.66. The lowest BCUT2D eigenvalue weighted by Gasteiger charge is -2.07. The van der Waals surface area contributed by atoms with Crippen molar-refractivity contribution in [3.8, 4) is 5.88 Å². The fourth-order valence-corrected chi connectivity index (χ4v) is 1.57. The van der Waals surface area contributed by atoms with Crippen LogP contribution < -0.4 is 10.5 Å². The van der Waals surface area contributed by atoms with Crippen molar-refractivity contribution in [3.05, 3.63) is 58.7 Å². The molecular weight excluding hydrogens is 236 g/mol. The first-order chi connectivity index (χ1) is 8.29. The van der Waals surface area contributed by atoms with E-state index in [-0.39, 0.29) is 0 Å². The molecule has 0 aliphatic carbocycles. The highest BCUT2D eigenvalue weighted by Gasteiger charge is 2.01. The van der Waals surface area contributed by atoms with Crippen molar-refractivity contribution in [1.82, 2.24) is 4.98 Å². The van der Waals surface area contributed by atoms with Gasteiger partial charge in [0.15, 0.2) is 0 Å². The van der Waals surface area contributed by atoms with Crippen LogP contribution in [0.25, 0.3) is 0 Å². The van der Waals surface area contributed by atoms with E-state index in [1.165, 1.54) is 0 Å². The van der Waals surface area contributed by atoms with Crippen LogP contribution in [-0.2, 0) is 13.2 Å². The maximum atomic E-state index is 6.02. The quantitative estimate of drug-likeness (QED) is 0.905. The fourth-order valence-electron chi connectivity index (χ4n) is 1.38. The van der Waals surface area contributed by atoms with E-state index in [1.54, 1.807) is 12.3 Å². The van der Waals surface area contributed by atoms with Gasteiger partial charge in [0.25, 0.3) is 0 Å². The summed E-state index contributed by atoms with van der Waals surface area (Å²) in [5, 5.41) is 0.700. The van der Waals surface area contributed by atoms with E-state index in [2.05, 4.69) is 4.98 Å². The first-order valence-corrected chi connectivity index (χ1v) is 5.68. The summed E-state index contributed by atoms with van der Waals surface area (Å²) in [4.78, 5) is 4.15. The van der Waals surface area contributed by atoms with Gasteiger partial charge in [-0.15, -0.1) is 0 Å². The Hall–Kier alpha value is -1.58. The van der Waals surface area contributed by atoms with Gasteiger partial charge in [-0.05, 0) is 11.6 Å². The number of hydrogen-bond donors (Lipinski definition) is 1. The predicted molar refractivity (Wildman–Crippen MR) is 67.9 cm³/mol. The van der Waals surface area contributed by atoms with E-state index < -0.39 is 0 Å². The minimum Gasteiger partial charge on any atom is -0.473 e. The summed E-state index contributed by atoms with van der Waals surface area (Å²) in [6.07, 6.45) is 1.71. The highest BCUT2D eigenvalue weighted by Crippen LogP contribution is 2.17. The van der Waals surface area contributed by atoms with Gasteiger partial charge in [-0.1, -0.05) is 35.9 Å². The molecule has 17 heavy (non-hydrogen) atoms. The van der Waals surface area contributed by atoms with Gasteiger partial charge in [0, 0.05) is 29.4 Å². The first kappa shape index (κ1) is 11.9. The SMILES string of the molecule is NCc1ccc(OCc2ccccc2Cl)nc1. The van der Waals surface area contributed by atoms with Crippen molar-refractivity contribution >= 4 is 11.6 Å². The highest BCUT2D eigenvalue weighted by molar-refractivity contribution is 6.31. The third kappa shape index (κ3) is 3.19. The van der Waals surface area contributed by atoms with E-state index in [4.69, 9.17) is 22.1 Å². The topological polar surface area (TPSA) is 48.1 Å². The highest BCUT2D eigenvalue weighted by atomic mass is 35.5. The van der Waals surface area contributed by atoms with Crippen molar-refractivity contribution in [2.45, 2.75) is 13.2 Å². The lowest BCUT2D eigenvalue weighted by atomic mass is 10.2. The number of nitrogens with two attached hydrogens (primary N) is 1. The molecule has 0 aliphatic rings. The molecule has 0 spiro atoms. The molecule has 0 radical (unpaired) electrons.